The Balaban J connectivity index is 1.39. The molecule has 2 saturated carbocycles. The normalized spacial score (nSPS) is 19.2. The van der Waals surface area contributed by atoms with Crippen molar-refractivity contribution < 1.29 is 4.74 Å². The molecule has 0 unspecified atom stereocenters. The van der Waals surface area contributed by atoms with Crippen LogP contribution in [0.25, 0.3) is 0 Å². The fourth-order valence-corrected chi connectivity index (χ4v) is 2.76. The Kier molecular flexibility index (Phi) is 3.76. The van der Waals surface area contributed by atoms with Crippen LogP contribution >= 0.6 is 11.6 Å². The summed E-state index contributed by atoms with van der Waals surface area (Å²) < 4.78 is 5.69. The summed E-state index contributed by atoms with van der Waals surface area (Å²) in [5.74, 6) is 2.76. The predicted octanol–water partition coefficient (Wildman–Crippen LogP) is 3.50. The van der Waals surface area contributed by atoms with Crippen LogP contribution in [0.4, 0.5) is 0 Å². The molecule has 2 nitrogen and oxygen atoms in total. The van der Waals surface area contributed by atoms with Crippen LogP contribution in [0, 0.1) is 11.8 Å². The molecule has 3 heteroatoms. The van der Waals surface area contributed by atoms with Gasteiger partial charge in [0, 0.05) is 17.6 Å². The minimum atomic E-state index is 0.719. The summed E-state index contributed by atoms with van der Waals surface area (Å²) >= 11 is 5.91. The fraction of sp³-hybridized carbons (Fsp3) is 0.600. The van der Waals surface area contributed by atoms with Crippen LogP contribution in [0.5, 0.6) is 5.75 Å². The number of hydrogen-bond donors (Lipinski definition) is 1. The summed E-state index contributed by atoms with van der Waals surface area (Å²) in [4.78, 5) is 0. The summed E-state index contributed by atoms with van der Waals surface area (Å²) in [5.41, 5.74) is 0. The summed E-state index contributed by atoms with van der Waals surface area (Å²) in [7, 11) is 0. The maximum Gasteiger partial charge on any atom is 0.120 e. The molecule has 1 aromatic rings. The molecule has 0 amide bonds. The molecule has 0 saturated heterocycles. The molecule has 3 rings (SSSR count). The largest absolute Gasteiger partial charge is 0.492 e. The highest BCUT2D eigenvalue weighted by Crippen LogP contribution is 2.44. The first kappa shape index (κ1) is 12.3. The van der Waals surface area contributed by atoms with Gasteiger partial charge in [0.25, 0.3) is 0 Å². The molecule has 0 bridgehead atoms. The predicted molar refractivity (Wildman–Crippen MR) is 74.2 cm³/mol. The van der Waals surface area contributed by atoms with Crippen molar-refractivity contribution in [1.29, 1.82) is 0 Å². The second-order valence-electron chi connectivity index (χ2n) is 5.46. The van der Waals surface area contributed by atoms with Gasteiger partial charge in [0.15, 0.2) is 0 Å². The van der Waals surface area contributed by atoms with Crippen molar-refractivity contribution in [2.45, 2.75) is 31.7 Å². The third-order valence-electron chi connectivity index (χ3n) is 3.81. The van der Waals surface area contributed by atoms with Gasteiger partial charge in [-0.15, -0.1) is 0 Å². The van der Waals surface area contributed by atoms with Gasteiger partial charge in [0.05, 0.1) is 0 Å². The number of nitrogens with one attached hydrogen (secondary N) is 1. The second-order valence-corrected chi connectivity index (χ2v) is 5.90. The van der Waals surface area contributed by atoms with Crippen LogP contribution in [0.3, 0.4) is 0 Å². The topological polar surface area (TPSA) is 21.3 Å². The van der Waals surface area contributed by atoms with Crippen LogP contribution in [-0.4, -0.2) is 19.2 Å². The highest BCUT2D eigenvalue weighted by Gasteiger charge is 2.40. The van der Waals surface area contributed by atoms with Crippen molar-refractivity contribution in [2.24, 2.45) is 11.8 Å². The van der Waals surface area contributed by atoms with Gasteiger partial charge in [-0.1, -0.05) is 17.7 Å². The molecular formula is C15H20ClNO. The van der Waals surface area contributed by atoms with Gasteiger partial charge in [-0.3, -0.25) is 0 Å². The van der Waals surface area contributed by atoms with Gasteiger partial charge < -0.3 is 10.1 Å². The van der Waals surface area contributed by atoms with Gasteiger partial charge >= 0.3 is 0 Å². The van der Waals surface area contributed by atoms with E-state index in [1.807, 2.05) is 24.3 Å². The van der Waals surface area contributed by atoms with E-state index in [9.17, 15) is 0 Å². The van der Waals surface area contributed by atoms with Gasteiger partial charge in [-0.25, -0.2) is 0 Å². The molecule has 98 valence electrons. The first-order valence-electron chi connectivity index (χ1n) is 6.95. The lowest BCUT2D eigenvalue weighted by Gasteiger charge is -2.17. The SMILES string of the molecule is Clc1cccc(OCCNC(C2CC2)C2CC2)c1. The third kappa shape index (κ3) is 3.39. The second kappa shape index (κ2) is 5.50. The lowest BCUT2D eigenvalue weighted by Crippen LogP contribution is -2.36. The molecule has 0 heterocycles. The van der Waals surface area contributed by atoms with Crippen LogP contribution in [0.15, 0.2) is 24.3 Å². The molecule has 2 aliphatic rings. The molecular weight excluding hydrogens is 246 g/mol. The van der Waals surface area contributed by atoms with Crippen molar-refractivity contribution in [2.75, 3.05) is 13.2 Å². The number of ether oxygens (including phenoxy) is 1. The standard InChI is InChI=1S/C15H20ClNO/c16-13-2-1-3-14(10-13)18-9-8-17-15(11-4-5-11)12-6-7-12/h1-3,10-12,15,17H,4-9H2. The maximum absolute atomic E-state index is 5.91. The van der Waals surface area contributed by atoms with E-state index in [0.29, 0.717) is 0 Å². The Morgan fingerprint density at radius 3 is 2.56 bits per heavy atom. The summed E-state index contributed by atoms with van der Waals surface area (Å²) in [6.45, 7) is 1.65. The first-order valence-corrected chi connectivity index (χ1v) is 7.32. The van der Waals surface area contributed by atoms with Gasteiger partial charge in [0.2, 0.25) is 0 Å². The highest BCUT2D eigenvalue weighted by atomic mass is 35.5. The van der Waals surface area contributed by atoms with E-state index in [2.05, 4.69) is 5.32 Å². The Morgan fingerprint density at radius 2 is 1.94 bits per heavy atom. The third-order valence-corrected chi connectivity index (χ3v) is 4.04. The van der Waals surface area contributed by atoms with E-state index in [1.54, 1.807) is 0 Å². The van der Waals surface area contributed by atoms with Gasteiger partial charge in [-0.05, 0) is 55.7 Å². The zero-order valence-electron chi connectivity index (χ0n) is 10.6. The number of benzene rings is 1. The average Bonchev–Trinajstić information content (AvgIpc) is 3.23. The zero-order chi connectivity index (χ0) is 12.4. The molecule has 0 aliphatic heterocycles. The molecule has 0 atom stereocenters. The summed E-state index contributed by atoms with van der Waals surface area (Å²) in [6, 6.07) is 8.35. The Labute approximate surface area is 114 Å². The van der Waals surface area contributed by atoms with Crippen molar-refractivity contribution >= 4 is 11.6 Å². The molecule has 1 aromatic carbocycles. The maximum atomic E-state index is 5.91. The van der Waals surface area contributed by atoms with E-state index in [-0.39, 0.29) is 0 Å². The van der Waals surface area contributed by atoms with Crippen molar-refractivity contribution in [1.82, 2.24) is 5.32 Å². The van der Waals surface area contributed by atoms with Crippen LogP contribution in [0.2, 0.25) is 5.02 Å². The van der Waals surface area contributed by atoms with Crippen molar-refractivity contribution in [3.8, 4) is 5.75 Å². The Hall–Kier alpha value is -0.730. The Morgan fingerprint density at radius 1 is 1.22 bits per heavy atom. The van der Waals surface area contributed by atoms with Gasteiger partial charge in [-0.2, -0.15) is 0 Å². The minimum Gasteiger partial charge on any atom is -0.492 e. The molecule has 2 aliphatic carbocycles. The van der Waals surface area contributed by atoms with E-state index in [1.165, 1.54) is 25.7 Å². The van der Waals surface area contributed by atoms with Crippen LogP contribution in [0.1, 0.15) is 25.7 Å². The van der Waals surface area contributed by atoms with Crippen LogP contribution in [-0.2, 0) is 0 Å². The zero-order valence-corrected chi connectivity index (χ0v) is 11.3. The average molecular weight is 266 g/mol. The van der Waals surface area contributed by atoms with Crippen molar-refractivity contribution in [3.05, 3.63) is 29.3 Å². The highest BCUT2D eigenvalue weighted by molar-refractivity contribution is 6.30. The van der Waals surface area contributed by atoms with E-state index >= 15 is 0 Å². The molecule has 0 aromatic heterocycles. The van der Waals surface area contributed by atoms with Gasteiger partial charge in [0.1, 0.15) is 12.4 Å². The Bertz CT molecular complexity index is 389. The lowest BCUT2D eigenvalue weighted by molar-refractivity contribution is 0.293. The monoisotopic (exact) mass is 265 g/mol. The molecule has 1 N–H and O–H groups in total. The summed E-state index contributed by atoms with van der Waals surface area (Å²) in [6.07, 6.45) is 5.68. The summed E-state index contributed by atoms with van der Waals surface area (Å²) in [5, 5.41) is 4.40. The van der Waals surface area contributed by atoms with E-state index in [0.717, 1.165) is 41.8 Å². The van der Waals surface area contributed by atoms with E-state index < -0.39 is 0 Å². The molecule has 2 fully saturated rings. The number of hydrogen-bond acceptors (Lipinski definition) is 2. The molecule has 18 heavy (non-hydrogen) atoms. The minimum absolute atomic E-state index is 0.719. The lowest BCUT2D eigenvalue weighted by atomic mass is 10.1. The quantitative estimate of drug-likeness (QED) is 0.762. The first-order chi connectivity index (χ1) is 8.83. The number of rotatable bonds is 7. The number of halogens is 1. The van der Waals surface area contributed by atoms with Crippen LogP contribution < -0.4 is 10.1 Å². The smallest absolute Gasteiger partial charge is 0.120 e. The molecule has 0 spiro atoms. The van der Waals surface area contributed by atoms with Crippen molar-refractivity contribution in [3.63, 3.8) is 0 Å². The molecule has 0 radical (unpaired) electrons. The van der Waals surface area contributed by atoms with E-state index in [4.69, 9.17) is 16.3 Å². The fourth-order valence-electron chi connectivity index (χ4n) is 2.58.